The first-order valence-corrected chi connectivity index (χ1v) is 25.0. The second-order valence-corrected chi connectivity index (χ2v) is 17.5. The van der Waals surface area contributed by atoms with Crippen LogP contribution in [0.3, 0.4) is 0 Å². The Kier molecular flexibility index (Phi) is 35.2. The highest BCUT2D eigenvalue weighted by Gasteiger charge is 2.51. The Balaban J connectivity index is 2.54. The fourth-order valence-corrected chi connectivity index (χ4v) is 7.48. The highest BCUT2D eigenvalue weighted by atomic mass is 31.2. The standard InChI is InChI=1S/C49H81O14P/c1-3-5-7-8-9-10-11-12-13-16-19-22-25-28-32-36-42(51)60-38-41(39-61-64(58,59)63-49-47(56)45(54)44(53)46(55)48(49)57)62-43(52)37-33-29-26-23-20-17-14-15-18-21-24-27-31-35-40(50)34-30-6-4-2/h6,12-13,15,17-18,20,24,26-27,29-31,35,40-41,44-50,53-57H,3-5,7-11,14,16,19,21-23,25,28,32-34,36-39H2,1-2H3,(H,58,59)/b13-12-,18-15-,20-17-,27-24+,29-26-,30-6-,35-31+/t40?,41-,44?,45-,46+,47-,48-,49?/m1/s1. The number of hydrogen-bond donors (Lipinski definition) is 7. The predicted molar refractivity (Wildman–Crippen MR) is 250 cm³/mol. The molecule has 1 rings (SSSR count). The van der Waals surface area contributed by atoms with E-state index in [1.807, 2.05) is 54.7 Å². The van der Waals surface area contributed by atoms with Crippen molar-refractivity contribution in [2.24, 2.45) is 0 Å². The summed E-state index contributed by atoms with van der Waals surface area (Å²) in [4.78, 5) is 35.7. The van der Waals surface area contributed by atoms with Gasteiger partial charge in [0.15, 0.2) is 6.10 Å². The Bertz CT molecular complexity index is 1460. The monoisotopic (exact) mass is 925 g/mol. The van der Waals surface area contributed by atoms with Crippen LogP contribution in [0, 0.1) is 0 Å². The fourth-order valence-electron chi connectivity index (χ4n) is 6.51. The first-order chi connectivity index (χ1) is 30.8. The molecule has 1 aliphatic rings. The third-order valence-corrected chi connectivity index (χ3v) is 11.3. The van der Waals surface area contributed by atoms with Crippen molar-refractivity contribution in [1.29, 1.82) is 0 Å². The minimum absolute atomic E-state index is 0.0499. The molecule has 15 heteroatoms. The number of phosphoric acid groups is 1. The van der Waals surface area contributed by atoms with Crippen molar-refractivity contribution in [3.63, 3.8) is 0 Å². The van der Waals surface area contributed by atoms with E-state index >= 15 is 0 Å². The molecule has 0 aromatic rings. The van der Waals surface area contributed by atoms with Gasteiger partial charge >= 0.3 is 19.8 Å². The molecule has 0 aromatic carbocycles. The third-order valence-electron chi connectivity index (χ3n) is 10.3. The van der Waals surface area contributed by atoms with Gasteiger partial charge in [0.05, 0.1) is 12.7 Å². The molecule has 1 aliphatic carbocycles. The average molecular weight is 925 g/mol. The van der Waals surface area contributed by atoms with Gasteiger partial charge in [0.2, 0.25) is 0 Å². The topological polar surface area (TPSA) is 230 Å². The van der Waals surface area contributed by atoms with Crippen LogP contribution in [0.5, 0.6) is 0 Å². The quantitative estimate of drug-likeness (QED) is 0.0102. The van der Waals surface area contributed by atoms with E-state index in [4.69, 9.17) is 18.5 Å². The van der Waals surface area contributed by atoms with Crippen molar-refractivity contribution in [1.82, 2.24) is 0 Å². The summed E-state index contributed by atoms with van der Waals surface area (Å²) in [6.07, 6.45) is 32.6. The van der Waals surface area contributed by atoms with Crippen LogP contribution in [-0.4, -0.2) is 110 Å². The molecule has 1 fully saturated rings. The Labute approximate surface area is 382 Å². The van der Waals surface area contributed by atoms with Crippen molar-refractivity contribution < 1.29 is 68.2 Å². The van der Waals surface area contributed by atoms with E-state index in [-0.39, 0.29) is 12.8 Å². The van der Waals surface area contributed by atoms with Crippen LogP contribution in [0.4, 0.5) is 0 Å². The molecule has 1 saturated carbocycles. The minimum Gasteiger partial charge on any atom is -0.462 e. The Morgan fingerprint density at radius 2 is 1.11 bits per heavy atom. The molecule has 0 spiro atoms. The average Bonchev–Trinajstić information content (AvgIpc) is 3.27. The number of unbranched alkanes of at least 4 members (excludes halogenated alkanes) is 11. The van der Waals surface area contributed by atoms with E-state index in [9.17, 15) is 49.7 Å². The van der Waals surface area contributed by atoms with Gasteiger partial charge < -0.3 is 45.0 Å². The van der Waals surface area contributed by atoms with E-state index in [1.165, 1.54) is 38.5 Å². The first-order valence-electron chi connectivity index (χ1n) is 23.5. The summed E-state index contributed by atoms with van der Waals surface area (Å²) >= 11 is 0. The molecular formula is C49H81O14P. The number of carbonyl (C=O) groups is 2. The van der Waals surface area contributed by atoms with E-state index in [2.05, 4.69) is 38.2 Å². The summed E-state index contributed by atoms with van der Waals surface area (Å²) in [5, 5.41) is 60.0. The van der Waals surface area contributed by atoms with Gasteiger partial charge in [-0.15, -0.1) is 0 Å². The van der Waals surface area contributed by atoms with Crippen molar-refractivity contribution >= 4 is 19.8 Å². The second kappa shape index (κ2) is 38.1. The molecule has 9 atom stereocenters. The zero-order chi connectivity index (χ0) is 47.3. The molecule has 7 N–H and O–H groups in total. The van der Waals surface area contributed by atoms with Crippen LogP contribution in [0.2, 0.25) is 0 Å². The number of aliphatic hydroxyl groups excluding tert-OH is 6. The van der Waals surface area contributed by atoms with Crippen LogP contribution in [0.25, 0.3) is 0 Å². The molecule has 0 amide bonds. The number of phosphoric ester groups is 1. The third kappa shape index (κ3) is 30.2. The van der Waals surface area contributed by atoms with Crippen LogP contribution < -0.4 is 0 Å². The van der Waals surface area contributed by atoms with Crippen LogP contribution >= 0.6 is 7.82 Å². The fraction of sp³-hybridized carbons (Fsp3) is 0.673. The molecule has 4 unspecified atom stereocenters. The number of allylic oxidation sites excluding steroid dienone is 12. The lowest BCUT2D eigenvalue weighted by Crippen LogP contribution is -2.64. The number of hydrogen-bond acceptors (Lipinski definition) is 13. The summed E-state index contributed by atoms with van der Waals surface area (Å²) in [5.74, 6) is -1.24. The van der Waals surface area contributed by atoms with Gasteiger partial charge in [-0.25, -0.2) is 4.57 Å². The highest BCUT2D eigenvalue weighted by molar-refractivity contribution is 7.47. The molecule has 64 heavy (non-hydrogen) atoms. The summed E-state index contributed by atoms with van der Waals surface area (Å²) < 4.78 is 33.4. The van der Waals surface area contributed by atoms with Crippen LogP contribution in [0.15, 0.2) is 85.1 Å². The minimum atomic E-state index is -5.16. The van der Waals surface area contributed by atoms with Gasteiger partial charge in [-0.3, -0.25) is 18.6 Å². The lowest BCUT2D eigenvalue weighted by Gasteiger charge is -2.41. The molecule has 0 saturated heterocycles. The zero-order valence-corrected chi connectivity index (χ0v) is 39.3. The molecule has 14 nitrogen and oxygen atoms in total. The van der Waals surface area contributed by atoms with E-state index in [1.54, 1.807) is 6.08 Å². The van der Waals surface area contributed by atoms with E-state index < -0.39 is 81.8 Å². The lowest BCUT2D eigenvalue weighted by molar-refractivity contribution is -0.220. The van der Waals surface area contributed by atoms with Gasteiger partial charge in [0, 0.05) is 12.8 Å². The number of rotatable bonds is 37. The molecule has 0 bridgehead atoms. The zero-order valence-electron chi connectivity index (χ0n) is 38.4. The summed E-state index contributed by atoms with van der Waals surface area (Å²) in [7, 11) is -5.16. The van der Waals surface area contributed by atoms with Crippen LogP contribution in [0.1, 0.15) is 149 Å². The molecule has 0 heterocycles. The largest absolute Gasteiger partial charge is 0.472 e. The normalized spacial score (nSPS) is 22.8. The molecule has 0 radical (unpaired) electrons. The lowest BCUT2D eigenvalue weighted by atomic mass is 9.85. The number of esters is 2. The summed E-state index contributed by atoms with van der Waals surface area (Å²) in [5.41, 5.74) is 0. The number of ether oxygens (including phenoxy) is 2. The number of carbonyl (C=O) groups excluding carboxylic acids is 2. The second-order valence-electron chi connectivity index (χ2n) is 16.1. The van der Waals surface area contributed by atoms with Crippen molar-refractivity contribution in [3.8, 4) is 0 Å². The van der Waals surface area contributed by atoms with E-state index in [0.717, 1.165) is 57.8 Å². The Hall–Kier alpha value is -3.01. The maximum atomic E-state index is 12.8. The first kappa shape index (κ1) is 59.0. The SMILES string of the molecule is CC/C=C\CC(O)/C=C/C=C/C/C=C\C/C=C\C/C=C\CCC(=O)O[C@H](COC(=O)CCCCCCC/C=C\CCCCCCCC)COP(=O)(O)OC1[C@H](O)[C@H](O)C(O)[C@H](O)[C@H]1O. The summed E-state index contributed by atoms with van der Waals surface area (Å²) in [6, 6.07) is 0. The smallest absolute Gasteiger partial charge is 0.462 e. The van der Waals surface area contributed by atoms with Crippen LogP contribution in [-0.2, 0) is 32.7 Å². The van der Waals surface area contributed by atoms with Crippen molar-refractivity contribution in [2.75, 3.05) is 13.2 Å². The predicted octanol–water partition coefficient (Wildman–Crippen LogP) is 8.25. The van der Waals surface area contributed by atoms with Gasteiger partial charge in [0.1, 0.15) is 43.2 Å². The van der Waals surface area contributed by atoms with Gasteiger partial charge in [-0.2, -0.15) is 0 Å². The maximum absolute atomic E-state index is 12.8. The molecule has 366 valence electrons. The molecule has 0 aliphatic heterocycles. The Morgan fingerprint density at radius 3 is 1.72 bits per heavy atom. The Morgan fingerprint density at radius 1 is 0.578 bits per heavy atom. The summed E-state index contributed by atoms with van der Waals surface area (Å²) in [6.45, 7) is 3.01. The highest BCUT2D eigenvalue weighted by Crippen LogP contribution is 2.47. The van der Waals surface area contributed by atoms with Crippen molar-refractivity contribution in [2.45, 2.75) is 198 Å². The number of aliphatic hydroxyl groups is 6. The van der Waals surface area contributed by atoms with Gasteiger partial charge in [-0.1, -0.05) is 150 Å². The van der Waals surface area contributed by atoms with Gasteiger partial charge in [0.25, 0.3) is 0 Å². The van der Waals surface area contributed by atoms with Crippen molar-refractivity contribution in [3.05, 3.63) is 85.1 Å². The maximum Gasteiger partial charge on any atom is 0.472 e. The molecule has 0 aromatic heterocycles. The van der Waals surface area contributed by atoms with Gasteiger partial charge in [-0.05, 0) is 70.6 Å². The van der Waals surface area contributed by atoms with E-state index in [0.29, 0.717) is 25.7 Å². The molecular weight excluding hydrogens is 843 g/mol.